The van der Waals surface area contributed by atoms with Gasteiger partial charge in [-0.25, -0.2) is 4.39 Å². The quantitative estimate of drug-likeness (QED) is 0.857. The van der Waals surface area contributed by atoms with Gasteiger partial charge in [-0.15, -0.1) is 0 Å². The van der Waals surface area contributed by atoms with E-state index in [9.17, 15) is 4.39 Å². The first-order valence-corrected chi connectivity index (χ1v) is 6.59. The van der Waals surface area contributed by atoms with Crippen molar-refractivity contribution < 1.29 is 4.39 Å². The molecule has 0 aliphatic carbocycles. The summed E-state index contributed by atoms with van der Waals surface area (Å²) in [7, 11) is 0. The van der Waals surface area contributed by atoms with Crippen LogP contribution in [0.2, 0.25) is 10.0 Å². The summed E-state index contributed by atoms with van der Waals surface area (Å²) < 4.78 is 13.7. The molecule has 0 aromatic heterocycles. The second-order valence-electron chi connectivity index (χ2n) is 4.80. The molecule has 2 aromatic rings. The highest BCUT2D eigenvalue weighted by Gasteiger charge is 2.25. The highest BCUT2D eigenvalue weighted by atomic mass is 35.5. The average Bonchev–Trinajstić information content (AvgIpc) is 2.35. The number of nitrogens with two attached hydrogens (primary N) is 1. The van der Waals surface area contributed by atoms with Crippen LogP contribution in [0.3, 0.4) is 0 Å². The van der Waals surface area contributed by atoms with Crippen molar-refractivity contribution in [2.75, 3.05) is 0 Å². The Bertz CT molecular complexity index is 570. The summed E-state index contributed by atoms with van der Waals surface area (Å²) in [6.07, 6.45) is 0. The lowest BCUT2D eigenvalue weighted by Gasteiger charge is -2.26. The normalized spacial score (nSPS) is 14.2. The minimum absolute atomic E-state index is 0.269. The molecule has 100 valence electrons. The van der Waals surface area contributed by atoms with Crippen LogP contribution in [-0.2, 0) is 5.54 Å². The van der Waals surface area contributed by atoms with Gasteiger partial charge < -0.3 is 5.73 Å². The predicted octanol–water partition coefficient (Wildman–Crippen LogP) is 4.66. The number of benzene rings is 2. The van der Waals surface area contributed by atoms with Crippen LogP contribution in [0.25, 0.3) is 0 Å². The molecular formula is C15H14Cl2FN. The third-order valence-electron chi connectivity index (χ3n) is 3.29. The monoisotopic (exact) mass is 297 g/mol. The molecule has 19 heavy (non-hydrogen) atoms. The molecule has 0 heterocycles. The van der Waals surface area contributed by atoms with Crippen LogP contribution in [0.1, 0.15) is 23.6 Å². The van der Waals surface area contributed by atoms with Crippen molar-refractivity contribution in [1.82, 2.24) is 0 Å². The minimum Gasteiger partial charge on any atom is -0.318 e. The van der Waals surface area contributed by atoms with Gasteiger partial charge in [-0.1, -0.05) is 41.4 Å². The fourth-order valence-corrected chi connectivity index (χ4v) is 2.20. The van der Waals surface area contributed by atoms with Gasteiger partial charge in [-0.05, 0) is 48.7 Å². The Morgan fingerprint density at radius 3 is 2.16 bits per heavy atom. The molecule has 2 N–H and O–H groups in total. The first-order valence-electron chi connectivity index (χ1n) is 5.83. The minimum atomic E-state index is -0.831. The van der Waals surface area contributed by atoms with Crippen LogP contribution in [0.15, 0.2) is 36.4 Å². The van der Waals surface area contributed by atoms with Gasteiger partial charge in [0.1, 0.15) is 5.82 Å². The lowest BCUT2D eigenvalue weighted by atomic mass is 9.85. The number of halogens is 3. The van der Waals surface area contributed by atoms with Crippen molar-refractivity contribution >= 4 is 23.2 Å². The molecule has 4 heteroatoms. The number of hydrogen-bond acceptors (Lipinski definition) is 1. The summed E-state index contributed by atoms with van der Waals surface area (Å²) in [6, 6.07) is 10.2. The predicted molar refractivity (Wildman–Crippen MR) is 78.2 cm³/mol. The molecule has 0 saturated heterocycles. The van der Waals surface area contributed by atoms with Crippen LogP contribution in [0.5, 0.6) is 0 Å². The molecular weight excluding hydrogens is 284 g/mol. The Labute approximate surface area is 122 Å². The molecule has 0 spiro atoms. The van der Waals surface area contributed by atoms with Crippen molar-refractivity contribution in [1.29, 1.82) is 0 Å². The Hall–Kier alpha value is -1.09. The SMILES string of the molecule is Cc1ccc(C(C)(N)c2ccc(Cl)c(Cl)c2)cc1F. The maximum atomic E-state index is 13.7. The van der Waals surface area contributed by atoms with E-state index in [1.54, 1.807) is 31.2 Å². The fourth-order valence-electron chi connectivity index (χ4n) is 1.90. The topological polar surface area (TPSA) is 26.0 Å². The molecule has 0 aliphatic rings. The lowest BCUT2D eigenvalue weighted by Crippen LogP contribution is -2.34. The molecule has 0 amide bonds. The summed E-state index contributed by atoms with van der Waals surface area (Å²) in [6.45, 7) is 3.53. The van der Waals surface area contributed by atoms with Crippen LogP contribution in [0, 0.1) is 12.7 Å². The molecule has 0 bridgehead atoms. The number of rotatable bonds is 2. The first-order chi connectivity index (χ1) is 8.82. The van der Waals surface area contributed by atoms with E-state index in [-0.39, 0.29) is 5.82 Å². The van der Waals surface area contributed by atoms with E-state index in [0.717, 1.165) is 5.56 Å². The molecule has 1 atom stereocenters. The Morgan fingerprint density at radius 1 is 1.00 bits per heavy atom. The summed E-state index contributed by atoms with van der Waals surface area (Å²) in [5, 5.41) is 0.903. The van der Waals surface area contributed by atoms with Gasteiger partial charge in [0.05, 0.1) is 15.6 Å². The zero-order valence-corrected chi connectivity index (χ0v) is 12.2. The van der Waals surface area contributed by atoms with Gasteiger partial charge >= 0.3 is 0 Å². The Kier molecular flexibility index (Phi) is 3.86. The van der Waals surface area contributed by atoms with E-state index >= 15 is 0 Å². The maximum absolute atomic E-state index is 13.7. The largest absolute Gasteiger partial charge is 0.318 e. The van der Waals surface area contributed by atoms with Crippen LogP contribution < -0.4 is 5.73 Å². The average molecular weight is 298 g/mol. The summed E-state index contributed by atoms with van der Waals surface area (Å²) in [5.74, 6) is -0.269. The maximum Gasteiger partial charge on any atom is 0.126 e. The number of aryl methyl sites for hydroxylation is 1. The third-order valence-corrected chi connectivity index (χ3v) is 4.03. The Morgan fingerprint density at radius 2 is 1.58 bits per heavy atom. The van der Waals surface area contributed by atoms with Gasteiger partial charge in [0.15, 0.2) is 0 Å². The molecule has 1 unspecified atom stereocenters. The van der Waals surface area contributed by atoms with E-state index in [0.29, 0.717) is 21.2 Å². The van der Waals surface area contributed by atoms with Gasteiger partial charge in [0.25, 0.3) is 0 Å². The van der Waals surface area contributed by atoms with Gasteiger partial charge in [0, 0.05) is 0 Å². The van der Waals surface area contributed by atoms with Crippen LogP contribution in [-0.4, -0.2) is 0 Å². The van der Waals surface area contributed by atoms with E-state index in [4.69, 9.17) is 28.9 Å². The number of hydrogen-bond donors (Lipinski definition) is 1. The van der Waals surface area contributed by atoms with E-state index < -0.39 is 5.54 Å². The van der Waals surface area contributed by atoms with Crippen molar-refractivity contribution in [3.63, 3.8) is 0 Å². The molecule has 0 saturated carbocycles. The zero-order chi connectivity index (χ0) is 14.2. The Balaban J connectivity index is 2.51. The van der Waals surface area contributed by atoms with E-state index in [1.807, 2.05) is 13.0 Å². The lowest BCUT2D eigenvalue weighted by molar-refractivity contribution is 0.577. The molecule has 2 aromatic carbocycles. The summed E-state index contributed by atoms with van der Waals surface area (Å²) in [5.41, 5.74) is 7.56. The van der Waals surface area contributed by atoms with Crippen LogP contribution in [0.4, 0.5) is 4.39 Å². The zero-order valence-electron chi connectivity index (χ0n) is 10.7. The summed E-state index contributed by atoms with van der Waals surface area (Å²) >= 11 is 11.9. The van der Waals surface area contributed by atoms with Crippen molar-refractivity contribution in [2.45, 2.75) is 19.4 Å². The van der Waals surface area contributed by atoms with Gasteiger partial charge in [-0.3, -0.25) is 0 Å². The first kappa shape index (κ1) is 14.3. The third kappa shape index (κ3) is 2.76. The van der Waals surface area contributed by atoms with E-state index in [2.05, 4.69) is 0 Å². The second-order valence-corrected chi connectivity index (χ2v) is 5.61. The standard InChI is InChI=1S/C15H14Cl2FN/c1-9-3-4-11(8-14(9)18)15(2,19)10-5-6-12(16)13(17)7-10/h3-8H,19H2,1-2H3. The highest BCUT2D eigenvalue weighted by molar-refractivity contribution is 6.42. The second kappa shape index (κ2) is 5.12. The van der Waals surface area contributed by atoms with Crippen molar-refractivity contribution in [2.24, 2.45) is 5.73 Å². The molecule has 0 aliphatic heterocycles. The smallest absolute Gasteiger partial charge is 0.126 e. The van der Waals surface area contributed by atoms with Crippen molar-refractivity contribution in [3.8, 4) is 0 Å². The van der Waals surface area contributed by atoms with Gasteiger partial charge in [-0.2, -0.15) is 0 Å². The van der Waals surface area contributed by atoms with Gasteiger partial charge in [0.2, 0.25) is 0 Å². The highest BCUT2D eigenvalue weighted by Crippen LogP contribution is 2.32. The van der Waals surface area contributed by atoms with E-state index in [1.165, 1.54) is 6.07 Å². The molecule has 2 rings (SSSR count). The van der Waals surface area contributed by atoms with Crippen LogP contribution >= 0.6 is 23.2 Å². The summed E-state index contributed by atoms with van der Waals surface area (Å²) in [4.78, 5) is 0. The molecule has 1 nitrogen and oxygen atoms in total. The fraction of sp³-hybridized carbons (Fsp3) is 0.200. The molecule has 0 radical (unpaired) electrons. The van der Waals surface area contributed by atoms with Crippen molar-refractivity contribution in [3.05, 3.63) is 69.0 Å². The molecule has 0 fully saturated rings.